The van der Waals surface area contributed by atoms with Crippen molar-refractivity contribution in [3.05, 3.63) is 41.9 Å². The zero-order valence-corrected chi connectivity index (χ0v) is 15.0. The highest BCUT2D eigenvalue weighted by molar-refractivity contribution is 7.89. The molecule has 2 aliphatic rings. The zero-order valence-electron chi connectivity index (χ0n) is 14.1. The molecule has 0 radical (unpaired) electrons. The maximum atomic E-state index is 13.4. The van der Waals surface area contributed by atoms with E-state index in [0.717, 1.165) is 49.9 Å². The molecule has 0 spiro atoms. The largest absolute Gasteiger partial charge is 0.508 e. The number of rotatable bonds is 3. The number of hydrogen-bond acceptors (Lipinski definition) is 4. The standard InChI is InChI=1S/C18H23N3O3S/c22-15-7-5-6-14(12-15)16-8-1-4-11-21(16)25(23,24)18-13-19-17-9-2-3-10-20(17)18/h5-7,12-13,16,22H,1-4,8-11H2. The minimum atomic E-state index is -3.62. The first kappa shape index (κ1) is 16.6. The Kier molecular flexibility index (Phi) is 4.29. The monoisotopic (exact) mass is 361 g/mol. The van der Waals surface area contributed by atoms with Crippen molar-refractivity contribution in [1.29, 1.82) is 0 Å². The van der Waals surface area contributed by atoms with Crippen molar-refractivity contribution in [2.45, 2.75) is 56.1 Å². The van der Waals surface area contributed by atoms with E-state index in [1.54, 1.807) is 22.5 Å². The molecule has 4 rings (SSSR count). The lowest BCUT2D eigenvalue weighted by Crippen LogP contribution is -2.39. The molecule has 2 aliphatic heterocycles. The third-order valence-electron chi connectivity index (χ3n) is 5.22. The Balaban J connectivity index is 1.73. The van der Waals surface area contributed by atoms with Gasteiger partial charge in [-0.25, -0.2) is 13.4 Å². The first-order valence-electron chi connectivity index (χ1n) is 8.92. The van der Waals surface area contributed by atoms with E-state index in [1.807, 2.05) is 10.6 Å². The lowest BCUT2D eigenvalue weighted by Gasteiger charge is -2.35. The van der Waals surface area contributed by atoms with Crippen LogP contribution in [-0.2, 0) is 23.0 Å². The average molecular weight is 361 g/mol. The van der Waals surface area contributed by atoms with E-state index in [1.165, 1.54) is 6.20 Å². The molecule has 0 bridgehead atoms. The van der Waals surface area contributed by atoms with Crippen LogP contribution in [-0.4, -0.2) is 33.9 Å². The van der Waals surface area contributed by atoms with Gasteiger partial charge in [-0.1, -0.05) is 18.6 Å². The fourth-order valence-corrected chi connectivity index (χ4v) is 5.80. The lowest BCUT2D eigenvalue weighted by atomic mass is 9.97. The summed E-state index contributed by atoms with van der Waals surface area (Å²) < 4.78 is 30.3. The topological polar surface area (TPSA) is 75.4 Å². The van der Waals surface area contributed by atoms with Crippen LogP contribution in [0, 0.1) is 0 Å². The Hall–Kier alpha value is -1.86. The Morgan fingerprint density at radius 1 is 1.12 bits per heavy atom. The third kappa shape index (κ3) is 2.95. The zero-order chi connectivity index (χ0) is 17.4. The molecule has 6 nitrogen and oxygen atoms in total. The van der Waals surface area contributed by atoms with E-state index < -0.39 is 10.0 Å². The van der Waals surface area contributed by atoms with E-state index in [9.17, 15) is 13.5 Å². The SMILES string of the molecule is O=S(=O)(c1cnc2n1CCCC2)N1CCCCC1c1cccc(O)c1. The summed E-state index contributed by atoms with van der Waals surface area (Å²) in [6, 6.07) is 6.71. The predicted molar refractivity (Wildman–Crippen MR) is 93.8 cm³/mol. The number of imidazole rings is 1. The second-order valence-electron chi connectivity index (χ2n) is 6.84. The quantitative estimate of drug-likeness (QED) is 0.912. The molecule has 0 aliphatic carbocycles. The van der Waals surface area contributed by atoms with Crippen molar-refractivity contribution in [2.75, 3.05) is 6.54 Å². The van der Waals surface area contributed by atoms with Gasteiger partial charge in [0.15, 0.2) is 5.03 Å². The molecular weight excluding hydrogens is 338 g/mol. The molecule has 0 saturated carbocycles. The first-order valence-corrected chi connectivity index (χ1v) is 10.4. The number of benzene rings is 1. The van der Waals surface area contributed by atoms with Crippen molar-refractivity contribution in [1.82, 2.24) is 13.9 Å². The summed E-state index contributed by atoms with van der Waals surface area (Å²) in [6.07, 6.45) is 7.01. The highest BCUT2D eigenvalue weighted by Gasteiger charge is 2.37. The molecule has 1 unspecified atom stereocenters. The average Bonchev–Trinajstić information content (AvgIpc) is 3.07. The molecule has 1 fully saturated rings. The summed E-state index contributed by atoms with van der Waals surface area (Å²) in [6.45, 7) is 1.22. The van der Waals surface area contributed by atoms with Gasteiger partial charge >= 0.3 is 0 Å². The smallest absolute Gasteiger partial charge is 0.260 e. The van der Waals surface area contributed by atoms with Gasteiger partial charge in [0.2, 0.25) is 0 Å². The molecule has 1 atom stereocenters. The van der Waals surface area contributed by atoms with Gasteiger partial charge in [0.05, 0.1) is 12.2 Å². The fraction of sp³-hybridized carbons (Fsp3) is 0.500. The number of aryl methyl sites for hydroxylation is 1. The summed E-state index contributed by atoms with van der Waals surface area (Å²) in [5.41, 5.74) is 0.849. The number of fused-ring (bicyclic) bond motifs is 1. The molecule has 2 aromatic rings. The Labute approximate surface area is 148 Å². The van der Waals surface area contributed by atoms with Crippen molar-refractivity contribution in [2.24, 2.45) is 0 Å². The maximum absolute atomic E-state index is 13.4. The Morgan fingerprint density at radius 3 is 2.80 bits per heavy atom. The third-order valence-corrected chi connectivity index (χ3v) is 7.12. The molecule has 1 aromatic heterocycles. The van der Waals surface area contributed by atoms with Crippen molar-refractivity contribution in [3.8, 4) is 5.75 Å². The van der Waals surface area contributed by atoms with Gasteiger partial charge in [-0.05, 0) is 43.4 Å². The molecule has 1 N–H and O–H groups in total. The second-order valence-corrected chi connectivity index (χ2v) is 8.68. The van der Waals surface area contributed by atoms with E-state index in [4.69, 9.17) is 0 Å². The Morgan fingerprint density at radius 2 is 1.96 bits per heavy atom. The minimum Gasteiger partial charge on any atom is -0.508 e. The van der Waals surface area contributed by atoms with Crippen LogP contribution < -0.4 is 0 Å². The number of phenols is 1. The molecule has 1 saturated heterocycles. The highest BCUT2D eigenvalue weighted by atomic mass is 32.2. The molecule has 25 heavy (non-hydrogen) atoms. The predicted octanol–water partition coefficient (Wildman–Crippen LogP) is 2.84. The van der Waals surface area contributed by atoms with Crippen LogP contribution in [0.2, 0.25) is 0 Å². The normalized spacial score (nSPS) is 21.8. The second kappa shape index (κ2) is 6.46. The molecule has 1 aromatic carbocycles. The lowest BCUT2D eigenvalue weighted by molar-refractivity contribution is 0.253. The van der Waals surface area contributed by atoms with E-state index in [-0.39, 0.29) is 11.8 Å². The number of aromatic hydroxyl groups is 1. The molecule has 0 amide bonds. The molecule has 134 valence electrons. The Bertz CT molecular complexity index is 875. The number of phenolic OH excluding ortho intramolecular Hbond substituents is 1. The fourth-order valence-electron chi connectivity index (χ4n) is 3.97. The van der Waals surface area contributed by atoms with Crippen LogP contribution in [0.25, 0.3) is 0 Å². The van der Waals surface area contributed by atoms with E-state index in [2.05, 4.69) is 4.98 Å². The molecule has 3 heterocycles. The van der Waals surface area contributed by atoms with Gasteiger partial charge in [0, 0.05) is 19.5 Å². The van der Waals surface area contributed by atoms with Gasteiger partial charge < -0.3 is 9.67 Å². The van der Waals surface area contributed by atoms with Gasteiger partial charge in [0.25, 0.3) is 10.0 Å². The van der Waals surface area contributed by atoms with Gasteiger partial charge in [-0.3, -0.25) is 0 Å². The van der Waals surface area contributed by atoms with Gasteiger partial charge in [0.1, 0.15) is 11.6 Å². The van der Waals surface area contributed by atoms with E-state index in [0.29, 0.717) is 18.1 Å². The summed E-state index contributed by atoms with van der Waals surface area (Å²) in [5, 5.41) is 10.1. The number of aromatic nitrogens is 2. The minimum absolute atomic E-state index is 0.169. The van der Waals surface area contributed by atoms with Crippen LogP contribution in [0.3, 0.4) is 0 Å². The summed E-state index contributed by atoms with van der Waals surface area (Å²) >= 11 is 0. The number of nitrogens with zero attached hydrogens (tertiary/aromatic N) is 3. The van der Waals surface area contributed by atoms with Crippen LogP contribution in [0.1, 0.15) is 49.5 Å². The van der Waals surface area contributed by atoms with Crippen LogP contribution >= 0.6 is 0 Å². The van der Waals surface area contributed by atoms with Crippen molar-refractivity contribution >= 4 is 10.0 Å². The van der Waals surface area contributed by atoms with Crippen LogP contribution in [0.5, 0.6) is 5.75 Å². The van der Waals surface area contributed by atoms with Crippen molar-refractivity contribution < 1.29 is 13.5 Å². The van der Waals surface area contributed by atoms with Gasteiger partial charge in [-0.15, -0.1) is 0 Å². The van der Waals surface area contributed by atoms with Crippen LogP contribution in [0.4, 0.5) is 0 Å². The number of piperidine rings is 1. The summed E-state index contributed by atoms with van der Waals surface area (Å²) in [4.78, 5) is 4.35. The summed E-state index contributed by atoms with van der Waals surface area (Å²) in [5.74, 6) is 1.04. The van der Waals surface area contributed by atoms with E-state index >= 15 is 0 Å². The van der Waals surface area contributed by atoms with Crippen molar-refractivity contribution in [3.63, 3.8) is 0 Å². The maximum Gasteiger partial charge on any atom is 0.260 e. The van der Waals surface area contributed by atoms with Crippen LogP contribution in [0.15, 0.2) is 35.5 Å². The number of sulfonamides is 1. The molecule has 7 heteroatoms. The first-order chi connectivity index (χ1) is 12.1. The number of hydrogen-bond donors (Lipinski definition) is 1. The summed E-state index contributed by atoms with van der Waals surface area (Å²) in [7, 11) is -3.62. The highest BCUT2D eigenvalue weighted by Crippen LogP contribution is 2.37. The van der Waals surface area contributed by atoms with Gasteiger partial charge in [-0.2, -0.15) is 4.31 Å². The molecular formula is C18H23N3O3S.